The smallest absolute Gasteiger partial charge is 0.0610 e. The van der Waals surface area contributed by atoms with Crippen molar-refractivity contribution < 1.29 is 5.11 Å². The van der Waals surface area contributed by atoms with E-state index >= 15 is 0 Å². The van der Waals surface area contributed by atoms with Crippen LogP contribution in [0.1, 0.15) is 44.9 Å². The molecule has 3 spiro atoms. The molecule has 11 rings (SSSR count). The Kier molecular flexibility index (Phi) is 1.41. The molecule has 11 saturated carbocycles. The first-order valence-electron chi connectivity index (χ1n) is 12.4. The van der Waals surface area contributed by atoms with E-state index in [1.807, 2.05) is 0 Å². The molecule has 0 aliphatic heterocycles. The lowest BCUT2D eigenvalue weighted by molar-refractivity contribution is -0.0965. The topological polar surface area (TPSA) is 20.2 Å². The lowest BCUT2D eigenvalue weighted by atomic mass is 9.51. The molecule has 0 saturated heterocycles. The van der Waals surface area contributed by atoms with Gasteiger partial charge in [0, 0.05) is 0 Å². The largest absolute Gasteiger partial charge is 0.392 e. The van der Waals surface area contributed by atoms with Gasteiger partial charge in [0.25, 0.3) is 0 Å². The van der Waals surface area contributed by atoms with Crippen LogP contribution in [0.2, 0.25) is 0 Å². The third-order valence-corrected chi connectivity index (χ3v) is 14.5. The summed E-state index contributed by atoms with van der Waals surface area (Å²) in [5.74, 6) is 14.9. The van der Waals surface area contributed by atoms with E-state index in [9.17, 15) is 5.11 Å². The monoisotopic (exact) mass is 346 g/mol. The van der Waals surface area contributed by atoms with Crippen LogP contribution in [-0.2, 0) is 0 Å². The highest BCUT2D eigenvalue weighted by Crippen LogP contribution is 3.01. The van der Waals surface area contributed by atoms with Crippen LogP contribution in [0, 0.1) is 99.1 Å². The Morgan fingerprint density at radius 2 is 1.58 bits per heavy atom. The molecular formula is C25H30O. The molecule has 11 aliphatic rings. The maximum absolute atomic E-state index is 11.5. The molecule has 4 bridgehead atoms. The fourth-order valence-electron chi connectivity index (χ4n) is 14.4. The van der Waals surface area contributed by atoms with Gasteiger partial charge in [-0.1, -0.05) is 6.42 Å². The van der Waals surface area contributed by atoms with Crippen LogP contribution in [0.5, 0.6) is 0 Å². The van der Waals surface area contributed by atoms with Crippen LogP contribution in [0.3, 0.4) is 0 Å². The maximum atomic E-state index is 11.5. The molecule has 0 heterocycles. The molecule has 26 heavy (non-hydrogen) atoms. The van der Waals surface area contributed by atoms with Gasteiger partial charge >= 0.3 is 0 Å². The molecule has 0 aromatic rings. The van der Waals surface area contributed by atoms with Crippen molar-refractivity contribution in [1.82, 2.24) is 0 Å². The molecule has 0 radical (unpaired) electrons. The van der Waals surface area contributed by atoms with Gasteiger partial charge in [-0.25, -0.2) is 0 Å². The summed E-state index contributed by atoms with van der Waals surface area (Å²) >= 11 is 0. The van der Waals surface area contributed by atoms with E-state index < -0.39 is 0 Å². The average Bonchev–Trinajstić information content (AvgIpc) is 3.43. The SMILES string of the molecule is OC1C2C3C4CC4C4CC56CCCC47CC7C4(C1C1C(C7C(C5)C76)C14)C23. The van der Waals surface area contributed by atoms with Crippen LogP contribution in [0.25, 0.3) is 0 Å². The zero-order valence-electron chi connectivity index (χ0n) is 15.6. The van der Waals surface area contributed by atoms with Crippen LogP contribution in [0.15, 0.2) is 0 Å². The predicted molar refractivity (Wildman–Crippen MR) is 94.5 cm³/mol. The van der Waals surface area contributed by atoms with Gasteiger partial charge in [-0.3, -0.25) is 0 Å². The van der Waals surface area contributed by atoms with E-state index in [4.69, 9.17) is 0 Å². The average molecular weight is 347 g/mol. The van der Waals surface area contributed by atoms with E-state index in [2.05, 4.69) is 0 Å². The summed E-state index contributed by atoms with van der Waals surface area (Å²) in [7, 11) is 0. The van der Waals surface area contributed by atoms with Crippen molar-refractivity contribution in [2.75, 3.05) is 0 Å². The number of aliphatic hydroxyl groups is 1. The van der Waals surface area contributed by atoms with Crippen LogP contribution in [0.4, 0.5) is 0 Å². The summed E-state index contributed by atoms with van der Waals surface area (Å²) < 4.78 is 0. The second-order valence-electron chi connectivity index (χ2n) is 13.9. The molecule has 0 aromatic carbocycles. The molecule has 11 aliphatic carbocycles. The normalized spacial score (nSPS) is 91.0. The fraction of sp³-hybridized carbons (Fsp3) is 1.00. The van der Waals surface area contributed by atoms with E-state index in [-0.39, 0.29) is 6.10 Å². The van der Waals surface area contributed by atoms with E-state index in [1.165, 1.54) is 11.8 Å². The van der Waals surface area contributed by atoms with Crippen molar-refractivity contribution in [3.05, 3.63) is 0 Å². The third kappa shape index (κ3) is 0.835. The molecule has 18 atom stereocenters. The highest BCUT2D eigenvalue weighted by molar-refractivity contribution is 5.45. The second-order valence-corrected chi connectivity index (χ2v) is 13.9. The summed E-state index contributed by atoms with van der Waals surface area (Å²) in [6, 6.07) is 0. The third-order valence-electron chi connectivity index (χ3n) is 14.5. The van der Waals surface area contributed by atoms with Gasteiger partial charge in [-0.2, -0.15) is 0 Å². The summed E-state index contributed by atoms with van der Waals surface area (Å²) in [6.07, 6.45) is 11.5. The lowest BCUT2D eigenvalue weighted by Gasteiger charge is -2.53. The Bertz CT molecular complexity index is 864. The van der Waals surface area contributed by atoms with Crippen molar-refractivity contribution in [2.24, 2.45) is 99.1 Å². The number of hydrogen-bond donors (Lipinski definition) is 1. The summed E-state index contributed by atoms with van der Waals surface area (Å²) in [5, 5.41) is 11.5. The molecule has 1 N–H and O–H groups in total. The zero-order chi connectivity index (χ0) is 16.1. The number of fused-ring (bicyclic) bond motifs is 7. The standard InChI is InChI=1S/C25H30O/c26-22-17-13-9-4-8(9)11-6-23-2-1-3-24(11)7-12(24)25(19(13)17)20-15(16(20)21(22)25)14-10(5-23)18(14)23/h8-22,26H,1-7H2. The molecule has 18 unspecified atom stereocenters. The highest BCUT2D eigenvalue weighted by atomic mass is 16.3. The van der Waals surface area contributed by atoms with Crippen molar-refractivity contribution in [3.8, 4) is 0 Å². The van der Waals surface area contributed by atoms with Crippen LogP contribution >= 0.6 is 0 Å². The summed E-state index contributed by atoms with van der Waals surface area (Å²) in [6.45, 7) is 0. The van der Waals surface area contributed by atoms with Crippen molar-refractivity contribution in [3.63, 3.8) is 0 Å². The first kappa shape index (κ1) is 12.5. The summed E-state index contributed by atoms with van der Waals surface area (Å²) in [5.41, 5.74) is 2.35. The van der Waals surface area contributed by atoms with Gasteiger partial charge in [0.1, 0.15) is 0 Å². The van der Waals surface area contributed by atoms with Gasteiger partial charge < -0.3 is 5.11 Å². The number of hydrogen-bond acceptors (Lipinski definition) is 1. The Balaban J connectivity index is 1.23. The molecule has 0 aromatic heterocycles. The maximum Gasteiger partial charge on any atom is 0.0610 e. The van der Waals surface area contributed by atoms with Crippen molar-refractivity contribution in [2.45, 2.75) is 51.0 Å². The minimum atomic E-state index is 0.150. The van der Waals surface area contributed by atoms with Gasteiger partial charge in [0.05, 0.1) is 6.10 Å². The van der Waals surface area contributed by atoms with Gasteiger partial charge in [0.15, 0.2) is 0 Å². The minimum absolute atomic E-state index is 0.150. The van der Waals surface area contributed by atoms with Crippen molar-refractivity contribution in [1.29, 1.82) is 0 Å². The fourth-order valence-corrected chi connectivity index (χ4v) is 14.4. The minimum Gasteiger partial charge on any atom is -0.392 e. The van der Waals surface area contributed by atoms with E-state index in [1.54, 1.807) is 44.9 Å². The Morgan fingerprint density at radius 1 is 0.692 bits per heavy atom. The van der Waals surface area contributed by atoms with Crippen LogP contribution < -0.4 is 0 Å². The molecule has 1 nitrogen and oxygen atoms in total. The quantitative estimate of drug-likeness (QED) is 0.707. The van der Waals surface area contributed by atoms with Crippen molar-refractivity contribution >= 4 is 0 Å². The van der Waals surface area contributed by atoms with Crippen LogP contribution in [-0.4, -0.2) is 11.2 Å². The lowest BCUT2D eigenvalue weighted by Crippen LogP contribution is -2.52. The number of aliphatic hydroxyl groups excluding tert-OH is 1. The molecule has 11 fully saturated rings. The molecule has 0 amide bonds. The van der Waals surface area contributed by atoms with Gasteiger partial charge in [0.2, 0.25) is 0 Å². The Hall–Kier alpha value is -0.0400. The second kappa shape index (κ2) is 2.93. The predicted octanol–water partition coefficient (Wildman–Crippen LogP) is 3.81. The first-order chi connectivity index (χ1) is 12.7. The van der Waals surface area contributed by atoms with E-state index in [0.717, 1.165) is 81.8 Å². The number of rotatable bonds is 0. The molecule has 1 heteroatoms. The Morgan fingerprint density at radius 3 is 2.54 bits per heavy atom. The molecule has 136 valence electrons. The van der Waals surface area contributed by atoms with Gasteiger partial charge in [-0.05, 0) is 138 Å². The highest BCUT2D eigenvalue weighted by Gasteiger charge is 2.98. The van der Waals surface area contributed by atoms with E-state index in [0.29, 0.717) is 5.41 Å². The molecular weight excluding hydrogens is 316 g/mol. The van der Waals surface area contributed by atoms with Gasteiger partial charge in [-0.15, -0.1) is 0 Å². The Labute approximate surface area is 155 Å². The summed E-state index contributed by atoms with van der Waals surface area (Å²) in [4.78, 5) is 0. The first-order valence-corrected chi connectivity index (χ1v) is 12.4. The zero-order valence-corrected chi connectivity index (χ0v) is 15.6.